The van der Waals surface area contributed by atoms with Crippen molar-refractivity contribution in [1.82, 2.24) is 10.3 Å². The van der Waals surface area contributed by atoms with E-state index in [0.29, 0.717) is 17.1 Å². The maximum atomic E-state index is 11.8. The lowest BCUT2D eigenvalue weighted by Gasteiger charge is -2.06. The Bertz CT molecular complexity index is 692. The molecule has 0 saturated heterocycles. The summed E-state index contributed by atoms with van der Waals surface area (Å²) in [5.74, 6) is -0.297. The largest absolute Gasteiger partial charge is 0.389 e. The molecule has 6 heteroatoms. The second-order valence-corrected chi connectivity index (χ2v) is 4.63. The molecule has 1 heterocycles. The molecule has 0 spiro atoms. The quantitative estimate of drug-likeness (QED) is 0.730. The number of aromatic nitrogens is 1. The molecule has 0 aliphatic heterocycles. The summed E-state index contributed by atoms with van der Waals surface area (Å²) < 4.78 is 0. The number of amides is 1. The van der Waals surface area contributed by atoms with Crippen molar-refractivity contribution in [2.45, 2.75) is 6.54 Å². The minimum Gasteiger partial charge on any atom is -0.389 e. The topological polar surface area (TPSA) is 88.0 Å². The predicted molar refractivity (Wildman–Crippen MR) is 80.6 cm³/mol. The number of nitrogens with two attached hydrogens (primary N) is 1. The number of rotatable bonds is 4. The van der Waals surface area contributed by atoms with E-state index in [-0.39, 0.29) is 11.5 Å². The fourth-order valence-corrected chi connectivity index (χ4v) is 1.79. The number of aromatic amines is 1. The Kier molecular flexibility index (Phi) is 4.27. The van der Waals surface area contributed by atoms with Crippen molar-refractivity contribution in [1.29, 1.82) is 0 Å². The van der Waals surface area contributed by atoms with E-state index in [0.717, 1.165) is 11.1 Å². The summed E-state index contributed by atoms with van der Waals surface area (Å²) in [5, 5.41) is 2.74. The molecule has 0 radical (unpaired) electrons. The van der Waals surface area contributed by atoms with Gasteiger partial charge in [0, 0.05) is 29.9 Å². The highest BCUT2D eigenvalue weighted by atomic mass is 32.1. The molecule has 20 heavy (non-hydrogen) atoms. The normalized spacial score (nSPS) is 10.0. The smallest absolute Gasteiger partial charge is 0.251 e. The first kappa shape index (κ1) is 14.0. The Hall–Kier alpha value is -2.47. The van der Waals surface area contributed by atoms with E-state index in [9.17, 15) is 9.59 Å². The van der Waals surface area contributed by atoms with Crippen LogP contribution in [-0.4, -0.2) is 15.9 Å². The van der Waals surface area contributed by atoms with Gasteiger partial charge in [-0.1, -0.05) is 36.5 Å². The van der Waals surface area contributed by atoms with Crippen molar-refractivity contribution >= 4 is 23.1 Å². The van der Waals surface area contributed by atoms with Crippen LogP contribution in [0.3, 0.4) is 0 Å². The van der Waals surface area contributed by atoms with Crippen molar-refractivity contribution in [2.75, 3.05) is 0 Å². The van der Waals surface area contributed by atoms with E-state index < -0.39 is 0 Å². The molecule has 0 fully saturated rings. The SMILES string of the molecule is NC(=S)c1ccc(CNC(=O)c2cc[nH]c(=O)c2)cc1. The molecule has 0 bridgehead atoms. The van der Waals surface area contributed by atoms with Crippen LogP contribution in [-0.2, 0) is 6.54 Å². The predicted octanol–water partition coefficient (Wildman–Crippen LogP) is 0.939. The minimum atomic E-state index is -0.307. The van der Waals surface area contributed by atoms with Crippen LogP contribution in [0.5, 0.6) is 0 Å². The van der Waals surface area contributed by atoms with Gasteiger partial charge < -0.3 is 16.0 Å². The van der Waals surface area contributed by atoms with Crippen molar-refractivity contribution in [3.8, 4) is 0 Å². The van der Waals surface area contributed by atoms with Gasteiger partial charge in [0.25, 0.3) is 5.91 Å². The van der Waals surface area contributed by atoms with Crippen molar-refractivity contribution < 1.29 is 4.79 Å². The maximum absolute atomic E-state index is 11.8. The van der Waals surface area contributed by atoms with Gasteiger partial charge in [0.1, 0.15) is 4.99 Å². The fraction of sp³-hybridized carbons (Fsp3) is 0.0714. The van der Waals surface area contributed by atoms with Crippen LogP contribution in [0, 0.1) is 0 Å². The average Bonchev–Trinajstić information content (AvgIpc) is 2.45. The second-order valence-electron chi connectivity index (χ2n) is 4.19. The van der Waals surface area contributed by atoms with E-state index in [4.69, 9.17) is 18.0 Å². The zero-order chi connectivity index (χ0) is 14.5. The third kappa shape index (κ3) is 3.52. The molecule has 2 aromatic rings. The molecule has 102 valence electrons. The van der Waals surface area contributed by atoms with E-state index in [2.05, 4.69) is 10.3 Å². The molecule has 4 N–H and O–H groups in total. The fourth-order valence-electron chi connectivity index (χ4n) is 1.66. The summed E-state index contributed by atoms with van der Waals surface area (Å²) in [6, 6.07) is 10.1. The number of benzene rings is 1. The van der Waals surface area contributed by atoms with Gasteiger partial charge >= 0.3 is 0 Å². The number of nitrogens with one attached hydrogen (secondary N) is 2. The molecule has 0 unspecified atom stereocenters. The summed E-state index contributed by atoms with van der Waals surface area (Å²) in [4.78, 5) is 25.7. The Morgan fingerprint density at radius 1 is 1.20 bits per heavy atom. The zero-order valence-corrected chi connectivity index (χ0v) is 11.4. The first-order valence-corrected chi connectivity index (χ1v) is 6.33. The highest BCUT2D eigenvalue weighted by molar-refractivity contribution is 7.80. The zero-order valence-electron chi connectivity index (χ0n) is 10.6. The van der Waals surface area contributed by atoms with Gasteiger partial charge in [0.05, 0.1) is 0 Å². The maximum Gasteiger partial charge on any atom is 0.251 e. The summed E-state index contributed by atoms with van der Waals surface area (Å²) in [5.41, 5.74) is 7.23. The van der Waals surface area contributed by atoms with Gasteiger partial charge in [-0.05, 0) is 11.6 Å². The van der Waals surface area contributed by atoms with E-state index in [1.807, 2.05) is 12.1 Å². The number of hydrogen-bond donors (Lipinski definition) is 3. The van der Waals surface area contributed by atoms with E-state index in [1.54, 1.807) is 18.2 Å². The lowest BCUT2D eigenvalue weighted by Crippen LogP contribution is -2.24. The molecular formula is C14H13N3O2S. The standard InChI is InChI=1S/C14H13N3O2S/c15-13(20)10-3-1-9(2-4-10)8-17-14(19)11-5-6-16-12(18)7-11/h1-7H,8H2,(H2,15,20)(H,16,18)(H,17,19). The van der Waals surface area contributed by atoms with Crippen LogP contribution >= 0.6 is 12.2 Å². The van der Waals surface area contributed by atoms with Crippen LogP contribution in [0.4, 0.5) is 0 Å². The minimum absolute atomic E-state index is 0.297. The van der Waals surface area contributed by atoms with E-state index >= 15 is 0 Å². The van der Waals surface area contributed by atoms with Crippen LogP contribution < -0.4 is 16.6 Å². The van der Waals surface area contributed by atoms with Crippen molar-refractivity contribution in [3.05, 3.63) is 69.6 Å². The van der Waals surface area contributed by atoms with Crippen molar-refractivity contribution in [3.63, 3.8) is 0 Å². The van der Waals surface area contributed by atoms with Crippen LogP contribution in [0.2, 0.25) is 0 Å². The molecule has 1 aromatic carbocycles. The highest BCUT2D eigenvalue weighted by Gasteiger charge is 2.05. The molecular weight excluding hydrogens is 274 g/mol. The molecule has 0 saturated carbocycles. The first-order valence-electron chi connectivity index (χ1n) is 5.92. The molecule has 2 rings (SSSR count). The van der Waals surface area contributed by atoms with Gasteiger partial charge in [-0.25, -0.2) is 0 Å². The average molecular weight is 287 g/mol. The van der Waals surface area contributed by atoms with Gasteiger partial charge in [0.2, 0.25) is 5.56 Å². The lowest BCUT2D eigenvalue weighted by atomic mass is 10.1. The Labute approximate surface area is 120 Å². The molecule has 1 amide bonds. The molecule has 0 aliphatic rings. The molecule has 1 aromatic heterocycles. The monoisotopic (exact) mass is 287 g/mol. The summed E-state index contributed by atoms with van der Waals surface area (Å²) >= 11 is 4.86. The Morgan fingerprint density at radius 2 is 1.90 bits per heavy atom. The summed E-state index contributed by atoms with van der Waals surface area (Å²) in [6.45, 7) is 0.364. The summed E-state index contributed by atoms with van der Waals surface area (Å²) in [7, 11) is 0. The third-order valence-corrected chi connectivity index (χ3v) is 2.96. The number of pyridine rings is 1. The van der Waals surface area contributed by atoms with E-state index in [1.165, 1.54) is 12.3 Å². The first-order chi connectivity index (χ1) is 9.56. The van der Waals surface area contributed by atoms with Gasteiger partial charge in [-0.3, -0.25) is 9.59 Å². The summed E-state index contributed by atoms with van der Waals surface area (Å²) in [6.07, 6.45) is 1.44. The number of thiocarbonyl (C=S) groups is 1. The van der Waals surface area contributed by atoms with Gasteiger partial charge in [-0.2, -0.15) is 0 Å². The number of carbonyl (C=O) groups is 1. The lowest BCUT2D eigenvalue weighted by molar-refractivity contribution is 0.0950. The van der Waals surface area contributed by atoms with Gasteiger partial charge in [-0.15, -0.1) is 0 Å². The Morgan fingerprint density at radius 3 is 2.50 bits per heavy atom. The van der Waals surface area contributed by atoms with Gasteiger partial charge in [0.15, 0.2) is 0 Å². The van der Waals surface area contributed by atoms with Crippen LogP contribution in [0.15, 0.2) is 47.4 Å². The third-order valence-electron chi connectivity index (χ3n) is 2.73. The van der Waals surface area contributed by atoms with Crippen LogP contribution in [0.1, 0.15) is 21.5 Å². The number of hydrogen-bond acceptors (Lipinski definition) is 3. The molecule has 0 atom stereocenters. The molecule has 0 aliphatic carbocycles. The number of H-pyrrole nitrogens is 1. The second kappa shape index (κ2) is 6.12. The highest BCUT2D eigenvalue weighted by Crippen LogP contribution is 2.04. The Balaban J connectivity index is 2.00. The molecule has 5 nitrogen and oxygen atoms in total. The van der Waals surface area contributed by atoms with Crippen molar-refractivity contribution in [2.24, 2.45) is 5.73 Å². The number of carbonyl (C=O) groups excluding carboxylic acids is 1. The van der Waals surface area contributed by atoms with Crippen LogP contribution in [0.25, 0.3) is 0 Å².